The van der Waals surface area contributed by atoms with Crippen LogP contribution in [0.3, 0.4) is 0 Å². The maximum atomic E-state index is 12.4. The van der Waals surface area contributed by atoms with Gasteiger partial charge in [-0.3, -0.25) is 0 Å². The van der Waals surface area contributed by atoms with Crippen LogP contribution in [0.4, 0.5) is 4.39 Å². The zero-order valence-corrected chi connectivity index (χ0v) is 11.8. The maximum absolute atomic E-state index is 12.4. The van der Waals surface area contributed by atoms with Gasteiger partial charge in [0.2, 0.25) is 0 Å². The smallest absolute Gasteiger partial charge is 0.154 e. The molecule has 1 aliphatic rings. The largest absolute Gasteiger partial charge is 0.387 e. The maximum Gasteiger partial charge on any atom is 0.154 e. The number of hydrogen-bond donors (Lipinski definition) is 2. The Morgan fingerprint density at radius 3 is 2.45 bits per heavy atom. The molecule has 110 valence electrons. The fourth-order valence-electron chi connectivity index (χ4n) is 2.17. The molecule has 0 saturated heterocycles. The highest BCUT2D eigenvalue weighted by atomic mass is 32.2. The summed E-state index contributed by atoms with van der Waals surface area (Å²) in [6, 6.07) is 6.05. The Morgan fingerprint density at radius 2 is 1.95 bits per heavy atom. The lowest BCUT2D eigenvalue weighted by Crippen LogP contribution is -2.30. The average molecular weight is 299 g/mol. The topological polar surface area (TPSA) is 80.4 Å². The van der Waals surface area contributed by atoms with Gasteiger partial charge in [-0.1, -0.05) is 30.3 Å². The Bertz CT molecular complexity index is 595. The molecule has 4 nitrogen and oxygen atoms in total. The predicted octanol–water partition coefficient (Wildman–Crippen LogP) is 1.22. The van der Waals surface area contributed by atoms with Crippen LogP contribution in [0.25, 0.3) is 5.57 Å². The molecule has 0 spiro atoms. The second kappa shape index (κ2) is 6.03. The van der Waals surface area contributed by atoms with E-state index in [2.05, 4.69) is 0 Å². The first kappa shape index (κ1) is 15.2. The highest BCUT2D eigenvalue weighted by Crippen LogP contribution is 2.25. The summed E-state index contributed by atoms with van der Waals surface area (Å²) >= 11 is 0. The minimum Gasteiger partial charge on any atom is -0.387 e. The van der Waals surface area contributed by atoms with E-state index in [1.54, 1.807) is 30.3 Å². The van der Waals surface area contributed by atoms with E-state index in [0.717, 1.165) is 11.1 Å². The van der Waals surface area contributed by atoms with Crippen LogP contribution >= 0.6 is 0 Å². The van der Waals surface area contributed by atoms with E-state index in [4.69, 9.17) is 5.73 Å². The van der Waals surface area contributed by atoms with Crippen LogP contribution in [-0.2, 0) is 9.84 Å². The molecule has 0 unspecified atom stereocenters. The van der Waals surface area contributed by atoms with Gasteiger partial charge in [0.15, 0.2) is 9.84 Å². The summed E-state index contributed by atoms with van der Waals surface area (Å²) in [5, 5.41) is 9.80. The Morgan fingerprint density at radius 1 is 1.30 bits per heavy atom. The number of hydrogen-bond acceptors (Lipinski definition) is 4. The third-order valence-electron chi connectivity index (χ3n) is 3.47. The van der Waals surface area contributed by atoms with Crippen molar-refractivity contribution in [3.63, 3.8) is 0 Å². The molecule has 0 radical (unpaired) electrons. The number of allylic oxidation sites excluding steroid dienone is 1. The van der Waals surface area contributed by atoms with Crippen LogP contribution in [0.15, 0.2) is 30.3 Å². The van der Waals surface area contributed by atoms with Crippen LogP contribution < -0.4 is 5.73 Å². The van der Waals surface area contributed by atoms with E-state index >= 15 is 0 Å². The molecule has 0 bridgehead atoms. The minimum atomic E-state index is -2.93. The quantitative estimate of drug-likeness (QED) is 0.876. The van der Waals surface area contributed by atoms with Crippen LogP contribution in [-0.4, -0.2) is 37.7 Å². The van der Waals surface area contributed by atoms with Crippen molar-refractivity contribution >= 4 is 15.4 Å². The summed E-state index contributed by atoms with van der Waals surface area (Å²) in [5.41, 5.74) is 7.92. The minimum absolute atomic E-state index is 0.0689. The summed E-state index contributed by atoms with van der Waals surface area (Å²) in [6.07, 6.45) is 1.18. The van der Waals surface area contributed by atoms with Crippen molar-refractivity contribution in [1.29, 1.82) is 0 Å². The lowest BCUT2D eigenvalue weighted by molar-refractivity contribution is 0.132. The second-order valence-electron chi connectivity index (χ2n) is 4.98. The van der Waals surface area contributed by atoms with Gasteiger partial charge < -0.3 is 10.8 Å². The Hall–Kier alpha value is -1.24. The SMILES string of the molecule is N[C@H](CF)[C@H](O)c1ccc(C2=CCS(=O)(=O)CC2)cc1. The van der Waals surface area contributed by atoms with Crippen molar-refractivity contribution < 1.29 is 17.9 Å². The standard InChI is InChI=1S/C14H18FNO3S/c15-9-13(16)14(17)12-3-1-10(2-4-12)11-5-7-20(18,19)8-6-11/h1-5,13-14,17H,6-9,16H2/t13-,14-/m1/s1. The average Bonchev–Trinajstić information content (AvgIpc) is 2.46. The lowest BCUT2D eigenvalue weighted by Gasteiger charge is -2.18. The number of rotatable bonds is 4. The van der Waals surface area contributed by atoms with Gasteiger partial charge in [0, 0.05) is 0 Å². The lowest BCUT2D eigenvalue weighted by atomic mass is 9.98. The van der Waals surface area contributed by atoms with Gasteiger partial charge in [0.05, 0.1) is 23.7 Å². The van der Waals surface area contributed by atoms with E-state index in [1.165, 1.54) is 0 Å². The summed E-state index contributed by atoms with van der Waals surface area (Å²) in [7, 11) is -2.93. The van der Waals surface area contributed by atoms with Crippen LogP contribution in [0.1, 0.15) is 23.7 Å². The molecule has 1 aromatic carbocycles. The molecule has 2 atom stereocenters. The molecule has 0 saturated carbocycles. The van der Waals surface area contributed by atoms with Crippen molar-refractivity contribution in [2.75, 3.05) is 18.2 Å². The molecule has 1 aliphatic heterocycles. The van der Waals surface area contributed by atoms with E-state index in [1.807, 2.05) is 0 Å². The Labute approximate surface area is 118 Å². The molecular weight excluding hydrogens is 281 g/mol. The van der Waals surface area contributed by atoms with Crippen molar-refractivity contribution in [2.24, 2.45) is 5.73 Å². The number of halogens is 1. The molecule has 1 aromatic rings. The summed E-state index contributed by atoms with van der Waals surface area (Å²) < 4.78 is 35.1. The molecular formula is C14H18FNO3S. The fraction of sp³-hybridized carbons (Fsp3) is 0.429. The van der Waals surface area contributed by atoms with Gasteiger partial charge in [-0.05, 0) is 23.1 Å². The number of sulfone groups is 1. The van der Waals surface area contributed by atoms with Gasteiger partial charge in [-0.2, -0.15) is 0 Å². The van der Waals surface area contributed by atoms with Crippen molar-refractivity contribution in [2.45, 2.75) is 18.6 Å². The number of nitrogens with two attached hydrogens (primary N) is 1. The zero-order chi connectivity index (χ0) is 14.8. The summed E-state index contributed by atoms with van der Waals surface area (Å²) in [6.45, 7) is -0.786. The number of aliphatic hydroxyl groups is 1. The summed E-state index contributed by atoms with van der Waals surface area (Å²) in [5.74, 6) is 0.232. The van der Waals surface area contributed by atoms with E-state index < -0.39 is 28.7 Å². The Kier molecular flexibility index (Phi) is 4.57. The second-order valence-corrected chi connectivity index (χ2v) is 7.21. The van der Waals surface area contributed by atoms with Crippen molar-refractivity contribution in [3.05, 3.63) is 41.5 Å². The first-order chi connectivity index (χ1) is 9.43. The van der Waals surface area contributed by atoms with Gasteiger partial charge in [-0.25, -0.2) is 12.8 Å². The third kappa shape index (κ3) is 3.45. The highest BCUT2D eigenvalue weighted by molar-refractivity contribution is 7.91. The molecule has 20 heavy (non-hydrogen) atoms. The van der Waals surface area contributed by atoms with Crippen LogP contribution in [0.2, 0.25) is 0 Å². The normalized spacial score (nSPS) is 21.1. The van der Waals surface area contributed by atoms with Gasteiger partial charge in [0.25, 0.3) is 0 Å². The third-order valence-corrected chi connectivity index (χ3v) is 4.97. The van der Waals surface area contributed by atoms with Crippen molar-refractivity contribution in [1.82, 2.24) is 0 Å². The number of aliphatic hydroxyl groups excluding tert-OH is 1. The molecule has 6 heteroatoms. The zero-order valence-electron chi connectivity index (χ0n) is 11.0. The fourth-order valence-corrected chi connectivity index (χ4v) is 3.32. The molecule has 0 aliphatic carbocycles. The van der Waals surface area contributed by atoms with Gasteiger partial charge in [0.1, 0.15) is 6.67 Å². The molecule has 2 rings (SSSR count). The molecule has 0 amide bonds. The van der Waals surface area contributed by atoms with Crippen LogP contribution in [0.5, 0.6) is 0 Å². The Balaban J connectivity index is 2.15. The number of benzene rings is 1. The van der Waals surface area contributed by atoms with E-state index in [-0.39, 0.29) is 11.5 Å². The predicted molar refractivity (Wildman–Crippen MR) is 76.6 cm³/mol. The molecule has 1 heterocycles. The highest BCUT2D eigenvalue weighted by Gasteiger charge is 2.19. The van der Waals surface area contributed by atoms with Crippen molar-refractivity contribution in [3.8, 4) is 0 Å². The molecule has 3 N–H and O–H groups in total. The molecule has 0 aromatic heterocycles. The monoisotopic (exact) mass is 299 g/mol. The summed E-state index contributed by atoms with van der Waals surface area (Å²) in [4.78, 5) is 0. The van der Waals surface area contributed by atoms with Gasteiger partial charge in [-0.15, -0.1) is 0 Å². The van der Waals surface area contributed by atoms with Crippen LogP contribution in [0, 0.1) is 0 Å². The van der Waals surface area contributed by atoms with E-state index in [9.17, 15) is 17.9 Å². The van der Waals surface area contributed by atoms with E-state index in [0.29, 0.717) is 12.0 Å². The first-order valence-electron chi connectivity index (χ1n) is 6.42. The number of alkyl halides is 1. The molecule has 0 fully saturated rings. The van der Waals surface area contributed by atoms with Gasteiger partial charge >= 0.3 is 0 Å². The first-order valence-corrected chi connectivity index (χ1v) is 8.24.